The lowest BCUT2D eigenvalue weighted by Crippen LogP contribution is -2.62. The summed E-state index contributed by atoms with van der Waals surface area (Å²) in [7, 11) is 6.48. The van der Waals surface area contributed by atoms with E-state index in [-0.39, 0.29) is 53.2 Å². The van der Waals surface area contributed by atoms with Crippen LogP contribution in [0.5, 0.6) is 0 Å². The number of amides is 5. The SMILES string of the molecule is CN[C@H](C(=O)N[C@H](C(=O)N(C)[C@H](C(=O)N(C)[C@H](C(=O)N(C)[C@H](C(=O)NCCc1c[nH]c2ccccc12)C(C)C)C(C)C)C(C)C)C(C)C)C(C)C. The fourth-order valence-corrected chi connectivity index (χ4v) is 7.06. The Labute approximate surface area is 305 Å². The monoisotopic (exact) mass is 712 g/mol. The van der Waals surface area contributed by atoms with Crippen molar-refractivity contribution in [1.82, 2.24) is 35.6 Å². The zero-order chi connectivity index (χ0) is 38.9. The van der Waals surface area contributed by atoms with Crippen molar-refractivity contribution < 1.29 is 24.0 Å². The van der Waals surface area contributed by atoms with Gasteiger partial charge in [0.15, 0.2) is 0 Å². The van der Waals surface area contributed by atoms with E-state index in [0.717, 1.165) is 16.5 Å². The quantitative estimate of drug-likeness (QED) is 0.186. The molecule has 0 fully saturated rings. The van der Waals surface area contributed by atoms with Crippen LogP contribution in [0.3, 0.4) is 0 Å². The maximum Gasteiger partial charge on any atom is 0.246 e. The van der Waals surface area contributed by atoms with Crippen molar-refractivity contribution in [3.63, 3.8) is 0 Å². The van der Waals surface area contributed by atoms with E-state index >= 15 is 0 Å². The van der Waals surface area contributed by atoms with Gasteiger partial charge in [-0.05, 0) is 54.7 Å². The molecule has 5 amide bonds. The van der Waals surface area contributed by atoms with Crippen molar-refractivity contribution in [2.75, 3.05) is 34.7 Å². The standard InChI is InChI=1S/C39H65N7O5/c1-22(2)30(40-11)35(47)43-31(23(3)4)37(49)45(13)33(25(7)8)39(51)46(14)34(26(9)10)38(50)44(12)32(24(5)6)36(48)41-20-19-27-21-42-29-18-16-15-17-28(27)29/h15-18,21-26,30-34,40,42H,19-20H2,1-14H3,(H,41,48)(H,43,47)/t30-,31-,32-,33-,34-/m0/s1. The minimum atomic E-state index is -0.904. The van der Waals surface area contributed by atoms with Gasteiger partial charge in [-0.1, -0.05) is 87.4 Å². The Bertz CT molecular complexity index is 1480. The Morgan fingerprint density at radius 1 is 0.627 bits per heavy atom. The fourth-order valence-electron chi connectivity index (χ4n) is 7.06. The molecule has 51 heavy (non-hydrogen) atoms. The zero-order valence-electron chi connectivity index (χ0n) is 33.5. The third-order valence-electron chi connectivity index (χ3n) is 9.82. The molecule has 0 saturated carbocycles. The van der Waals surface area contributed by atoms with Crippen LogP contribution in [0.4, 0.5) is 0 Å². The second kappa shape index (κ2) is 19.1. The average Bonchev–Trinajstić information content (AvgIpc) is 3.45. The van der Waals surface area contributed by atoms with Crippen LogP contribution in [0.25, 0.3) is 10.9 Å². The Morgan fingerprint density at radius 3 is 1.57 bits per heavy atom. The average molecular weight is 712 g/mol. The Kier molecular flexibility index (Phi) is 16.2. The van der Waals surface area contributed by atoms with E-state index in [4.69, 9.17) is 0 Å². The van der Waals surface area contributed by atoms with Crippen LogP contribution in [0.15, 0.2) is 30.5 Å². The summed E-state index contributed by atoms with van der Waals surface area (Å²) in [5, 5.41) is 10.1. The smallest absolute Gasteiger partial charge is 0.246 e. The molecule has 0 aliphatic rings. The van der Waals surface area contributed by atoms with E-state index in [2.05, 4.69) is 20.9 Å². The molecule has 1 aromatic heterocycles. The molecule has 0 saturated heterocycles. The summed E-state index contributed by atoms with van der Waals surface area (Å²) in [6.07, 6.45) is 2.58. The summed E-state index contributed by atoms with van der Waals surface area (Å²) in [4.78, 5) is 76.8. The maximum atomic E-state index is 14.3. The number of likely N-dealkylation sites (N-methyl/N-ethyl adjacent to an activating group) is 4. The number of carbonyl (C=O) groups excluding carboxylic acids is 5. The van der Waals surface area contributed by atoms with Crippen molar-refractivity contribution >= 4 is 40.4 Å². The predicted octanol–water partition coefficient (Wildman–Crippen LogP) is 3.66. The summed E-state index contributed by atoms with van der Waals surface area (Å²) in [6, 6.07) is 4.11. The number of aromatic amines is 1. The number of benzene rings is 1. The van der Waals surface area contributed by atoms with Crippen LogP contribution in [0.2, 0.25) is 0 Å². The number of H-pyrrole nitrogens is 1. The number of rotatable bonds is 18. The number of aromatic nitrogens is 1. The molecule has 0 radical (unpaired) electrons. The molecule has 0 aliphatic carbocycles. The molecule has 2 rings (SSSR count). The summed E-state index contributed by atoms with van der Waals surface area (Å²) in [5.74, 6) is -2.71. The number of hydrogen-bond donors (Lipinski definition) is 4. The first-order chi connectivity index (χ1) is 23.8. The first-order valence-electron chi connectivity index (χ1n) is 18.4. The predicted molar refractivity (Wildman–Crippen MR) is 204 cm³/mol. The van der Waals surface area contributed by atoms with Gasteiger partial charge < -0.3 is 35.6 Å². The summed E-state index contributed by atoms with van der Waals surface area (Å²) < 4.78 is 0. The first-order valence-corrected chi connectivity index (χ1v) is 18.4. The molecular formula is C39H65N7O5. The molecule has 4 N–H and O–H groups in total. The molecule has 0 aliphatic heterocycles. The van der Waals surface area contributed by atoms with Crippen molar-refractivity contribution in [3.05, 3.63) is 36.0 Å². The number of hydrogen-bond acceptors (Lipinski definition) is 6. The Balaban J connectivity index is 2.27. The molecule has 1 aromatic carbocycles. The maximum absolute atomic E-state index is 14.3. The number of para-hydroxylation sites is 1. The summed E-state index contributed by atoms with van der Waals surface area (Å²) in [5.41, 5.74) is 2.13. The van der Waals surface area contributed by atoms with Crippen LogP contribution < -0.4 is 16.0 Å². The zero-order valence-corrected chi connectivity index (χ0v) is 33.5. The van der Waals surface area contributed by atoms with Gasteiger partial charge >= 0.3 is 0 Å². The van der Waals surface area contributed by atoms with E-state index in [1.54, 1.807) is 28.2 Å². The minimum absolute atomic E-state index is 0.00425. The highest BCUT2D eigenvalue weighted by molar-refractivity contribution is 5.96. The normalized spacial score (nSPS) is 14.8. The third-order valence-corrected chi connectivity index (χ3v) is 9.82. The Morgan fingerprint density at radius 2 is 1.10 bits per heavy atom. The van der Waals surface area contributed by atoms with E-state index in [1.807, 2.05) is 99.7 Å². The molecule has 2 aromatic rings. The van der Waals surface area contributed by atoms with Gasteiger partial charge in [0.2, 0.25) is 29.5 Å². The van der Waals surface area contributed by atoms with Gasteiger partial charge in [-0.15, -0.1) is 0 Å². The second-order valence-electron chi connectivity index (χ2n) is 15.6. The van der Waals surface area contributed by atoms with E-state index in [1.165, 1.54) is 14.7 Å². The highest BCUT2D eigenvalue weighted by Crippen LogP contribution is 2.23. The van der Waals surface area contributed by atoms with Crippen molar-refractivity contribution in [3.8, 4) is 0 Å². The molecule has 12 nitrogen and oxygen atoms in total. The molecule has 286 valence electrons. The first kappa shape index (κ1) is 43.2. The molecule has 0 bridgehead atoms. The molecule has 1 heterocycles. The van der Waals surface area contributed by atoms with Crippen molar-refractivity contribution in [2.24, 2.45) is 29.6 Å². The highest BCUT2D eigenvalue weighted by Gasteiger charge is 2.42. The van der Waals surface area contributed by atoms with E-state index in [9.17, 15) is 24.0 Å². The number of nitrogens with zero attached hydrogens (tertiary/aromatic N) is 3. The Hall–Kier alpha value is -3.93. The minimum Gasteiger partial charge on any atom is -0.361 e. The van der Waals surface area contributed by atoms with Crippen LogP contribution in [-0.2, 0) is 30.4 Å². The van der Waals surface area contributed by atoms with Crippen LogP contribution in [-0.4, -0.2) is 114 Å². The lowest BCUT2D eigenvalue weighted by atomic mass is 9.94. The van der Waals surface area contributed by atoms with Gasteiger partial charge in [0.25, 0.3) is 0 Å². The van der Waals surface area contributed by atoms with Gasteiger partial charge in [-0.25, -0.2) is 0 Å². The number of nitrogens with one attached hydrogen (secondary N) is 4. The van der Waals surface area contributed by atoms with Gasteiger partial charge in [-0.3, -0.25) is 24.0 Å². The molecule has 0 unspecified atom stereocenters. The van der Waals surface area contributed by atoms with E-state index < -0.39 is 36.1 Å². The van der Waals surface area contributed by atoms with Gasteiger partial charge in [-0.2, -0.15) is 0 Å². The summed E-state index contributed by atoms with van der Waals surface area (Å²) in [6.45, 7) is 19.2. The molecule has 5 atom stereocenters. The third kappa shape index (κ3) is 10.6. The summed E-state index contributed by atoms with van der Waals surface area (Å²) >= 11 is 0. The van der Waals surface area contributed by atoms with E-state index in [0.29, 0.717) is 13.0 Å². The topological polar surface area (TPSA) is 147 Å². The molecule has 12 heteroatoms. The molecular weight excluding hydrogens is 646 g/mol. The van der Waals surface area contributed by atoms with Crippen LogP contribution >= 0.6 is 0 Å². The van der Waals surface area contributed by atoms with Gasteiger partial charge in [0, 0.05) is 44.8 Å². The number of carbonyl (C=O) groups is 5. The highest BCUT2D eigenvalue weighted by atomic mass is 16.2. The van der Waals surface area contributed by atoms with Gasteiger partial charge in [0.05, 0.1) is 6.04 Å². The van der Waals surface area contributed by atoms with Gasteiger partial charge in [0.1, 0.15) is 24.2 Å². The van der Waals surface area contributed by atoms with Crippen LogP contribution in [0, 0.1) is 29.6 Å². The lowest BCUT2D eigenvalue weighted by Gasteiger charge is -2.41. The second-order valence-corrected chi connectivity index (χ2v) is 15.6. The van der Waals surface area contributed by atoms with Crippen molar-refractivity contribution in [2.45, 2.75) is 106 Å². The van der Waals surface area contributed by atoms with Crippen LogP contribution in [0.1, 0.15) is 74.8 Å². The lowest BCUT2D eigenvalue weighted by molar-refractivity contribution is -0.155. The largest absolute Gasteiger partial charge is 0.361 e. The number of fused-ring (bicyclic) bond motifs is 1. The molecule has 0 spiro atoms. The fraction of sp³-hybridized carbons (Fsp3) is 0.667. The van der Waals surface area contributed by atoms with Crippen molar-refractivity contribution in [1.29, 1.82) is 0 Å².